The fraction of sp³-hybridized carbons (Fsp3) is 0.656. The first-order valence-corrected chi connectivity index (χ1v) is 27.4. The normalized spacial score (nSPS) is 12.9. The molecular weight excluding hydrogens is 829 g/mol. The van der Waals surface area contributed by atoms with Gasteiger partial charge in [0.05, 0.1) is 0 Å². The molecule has 0 aromatic carbocycles. The van der Waals surface area contributed by atoms with Crippen LogP contribution >= 0.6 is 0 Å². The molecule has 0 amide bonds. The molecule has 380 valence electrons. The van der Waals surface area contributed by atoms with Crippen molar-refractivity contribution in [3.05, 3.63) is 109 Å². The Bertz CT molecular complexity index is 1390. The van der Waals surface area contributed by atoms with E-state index in [2.05, 4.69) is 130 Å². The Hall–Kier alpha value is -3.93. The van der Waals surface area contributed by atoms with Crippen molar-refractivity contribution in [1.82, 2.24) is 0 Å². The van der Waals surface area contributed by atoms with Gasteiger partial charge in [-0.2, -0.15) is 0 Å². The summed E-state index contributed by atoms with van der Waals surface area (Å²) >= 11 is 0. The standard InChI is InChI=1S/C61H100O6/c1-4-7-10-13-16-19-22-24-25-26-27-28-29-30-31-32-33-34-35-36-37-38-40-42-45-48-51-54-60(63)66-57-58(56-65-59(62)53-50-47-44-41-21-18-15-12-9-6-3)67-61(64)55-52-49-46-43-39-23-20-17-14-11-8-5-2/h7,10,12,15-16,19,24-25,27-28,30-31,33-34,36-37,40,42,58H,4-6,8-9,11,13-14,17-18,20-23,26,29,32,35,38-39,41,43-57H2,1-3H3/b10-7-,15-12-,19-16-,25-24-,28-27-,31-30-,34-33-,37-36-,42-40-. The van der Waals surface area contributed by atoms with E-state index in [1.165, 1.54) is 70.6 Å². The minimum absolute atomic E-state index is 0.0962. The van der Waals surface area contributed by atoms with Gasteiger partial charge in [-0.3, -0.25) is 14.4 Å². The average molecular weight is 929 g/mol. The lowest BCUT2D eigenvalue weighted by Gasteiger charge is -2.18. The molecule has 6 nitrogen and oxygen atoms in total. The molecule has 0 saturated heterocycles. The average Bonchev–Trinajstić information content (AvgIpc) is 3.33. The van der Waals surface area contributed by atoms with E-state index < -0.39 is 6.10 Å². The molecule has 0 bridgehead atoms. The SMILES string of the molecule is CC/C=C\C/C=C\C/C=C\C/C=C\C/C=C\C/C=C\C/C=C\C/C=C\CCCCC(=O)OCC(COC(=O)CCCCCCC/C=C\CCC)OC(=O)CCCCCCCCCCCCCC. The van der Waals surface area contributed by atoms with Crippen LogP contribution in [0.2, 0.25) is 0 Å². The van der Waals surface area contributed by atoms with Crippen molar-refractivity contribution in [2.45, 2.75) is 245 Å². The van der Waals surface area contributed by atoms with Crippen LogP contribution in [0.1, 0.15) is 239 Å². The Morgan fingerprint density at radius 1 is 0.313 bits per heavy atom. The molecule has 0 saturated carbocycles. The molecule has 0 aliphatic rings. The number of esters is 3. The number of carbonyl (C=O) groups is 3. The molecule has 67 heavy (non-hydrogen) atoms. The predicted molar refractivity (Wildman–Crippen MR) is 288 cm³/mol. The molecule has 0 spiro atoms. The highest BCUT2D eigenvalue weighted by molar-refractivity contribution is 5.71. The molecule has 0 radical (unpaired) electrons. The highest BCUT2D eigenvalue weighted by atomic mass is 16.6. The van der Waals surface area contributed by atoms with E-state index in [4.69, 9.17) is 14.2 Å². The smallest absolute Gasteiger partial charge is 0.306 e. The van der Waals surface area contributed by atoms with Crippen LogP contribution in [0, 0.1) is 0 Å². The Kier molecular flexibility index (Phi) is 51.5. The fourth-order valence-electron chi connectivity index (χ4n) is 7.16. The number of allylic oxidation sites excluding steroid dienone is 18. The van der Waals surface area contributed by atoms with Crippen LogP contribution in [0.4, 0.5) is 0 Å². The molecule has 0 aromatic rings. The quantitative estimate of drug-likeness (QED) is 0.0262. The highest BCUT2D eigenvalue weighted by Gasteiger charge is 2.19. The number of hydrogen-bond acceptors (Lipinski definition) is 6. The number of rotatable bonds is 48. The van der Waals surface area contributed by atoms with E-state index in [0.717, 1.165) is 128 Å². The van der Waals surface area contributed by atoms with Gasteiger partial charge in [-0.05, 0) is 103 Å². The third-order valence-electron chi connectivity index (χ3n) is 11.2. The molecule has 0 fully saturated rings. The van der Waals surface area contributed by atoms with Crippen LogP contribution < -0.4 is 0 Å². The highest BCUT2D eigenvalue weighted by Crippen LogP contribution is 2.14. The van der Waals surface area contributed by atoms with E-state index in [1.54, 1.807) is 0 Å². The zero-order chi connectivity index (χ0) is 48.6. The monoisotopic (exact) mass is 929 g/mol. The van der Waals surface area contributed by atoms with Crippen LogP contribution in [-0.4, -0.2) is 37.2 Å². The van der Waals surface area contributed by atoms with E-state index in [9.17, 15) is 14.4 Å². The zero-order valence-electron chi connectivity index (χ0n) is 43.4. The maximum absolute atomic E-state index is 12.8. The van der Waals surface area contributed by atoms with Gasteiger partial charge in [0, 0.05) is 19.3 Å². The van der Waals surface area contributed by atoms with Crippen LogP contribution in [0.15, 0.2) is 109 Å². The van der Waals surface area contributed by atoms with Crippen LogP contribution in [0.3, 0.4) is 0 Å². The molecule has 0 N–H and O–H groups in total. The van der Waals surface area contributed by atoms with Gasteiger partial charge in [0.25, 0.3) is 0 Å². The van der Waals surface area contributed by atoms with Crippen LogP contribution in [0.25, 0.3) is 0 Å². The Morgan fingerprint density at radius 2 is 0.612 bits per heavy atom. The molecule has 0 rings (SSSR count). The number of hydrogen-bond donors (Lipinski definition) is 0. The molecule has 0 aromatic heterocycles. The van der Waals surface area contributed by atoms with Gasteiger partial charge < -0.3 is 14.2 Å². The Labute approximate surface area is 412 Å². The van der Waals surface area contributed by atoms with Gasteiger partial charge in [-0.1, -0.05) is 226 Å². The van der Waals surface area contributed by atoms with Crippen molar-refractivity contribution < 1.29 is 28.6 Å². The van der Waals surface area contributed by atoms with Crippen molar-refractivity contribution in [3.8, 4) is 0 Å². The second-order valence-electron chi connectivity index (χ2n) is 17.8. The minimum atomic E-state index is -0.797. The summed E-state index contributed by atoms with van der Waals surface area (Å²) in [7, 11) is 0. The third-order valence-corrected chi connectivity index (χ3v) is 11.2. The van der Waals surface area contributed by atoms with E-state index in [0.29, 0.717) is 19.3 Å². The number of unbranched alkanes of at least 4 members (excludes halogenated alkanes) is 19. The zero-order valence-corrected chi connectivity index (χ0v) is 43.4. The summed E-state index contributed by atoms with van der Waals surface area (Å²) in [6.07, 6.45) is 73.7. The first-order valence-electron chi connectivity index (χ1n) is 27.4. The lowest BCUT2D eigenvalue weighted by molar-refractivity contribution is -0.167. The summed E-state index contributed by atoms with van der Waals surface area (Å²) in [5.74, 6) is -0.955. The molecule has 1 atom stereocenters. The van der Waals surface area contributed by atoms with Crippen LogP contribution in [0.5, 0.6) is 0 Å². The summed E-state index contributed by atoms with van der Waals surface area (Å²) in [6.45, 7) is 6.40. The first-order chi connectivity index (χ1) is 33.0. The fourth-order valence-corrected chi connectivity index (χ4v) is 7.16. The molecule has 1 unspecified atom stereocenters. The van der Waals surface area contributed by atoms with Crippen molar-refractivity contribution in [2.24, 2.45) is 0 Å². The van der Waals surface area contributed by atoms with Crippen molar-refractivity contribution in [2.75, 3.05) is 13.2 Å². The second-order valence-corrected chi connectivity index (χ2v) is 17.8. The largest absolute Gasteiger partial charge is 0.462 e. The molecule has 0 aliphatic heterocycles. The van der Waals surface area contributed by atoms with E-state index in [-0.39, 0.29) is 31.1 Å². The van der Waals surface area contributed by atoms with Gasteiger partial charge in [-0.25, -0.2) is 0 Å². The topological polar surface area (TPSA) is 78.9 Å². The van der Waals surface area contributed by atoms with Gasteiger partial charge in [0.1, 0.15) is 13.2 Å². The lowest BCUT2D eigenvalue weighted by atomic mass is 10.0. The number of ether oxygens (including phenoxy) is 3. The maximum Gasteiger partial charge on any atom is 0.306 e. The predicted octanol–water partition coefficient (Wildman–Crippen LogP) is 18.3. The van der Waals surface area contributed by atoms with E-state index >= 15 is 0 Å². The van der Waals surface area contributed by atoms with E-state index in [1.807, 2.05) is 0 Å². The summed E-state index contributed by atoms with van der Waals surface area (Å²) in [6, 6.07) is 0. The Morgan fingerprint density at radius 3 is 1.01 bits per heavy atom. The van der Waals surface area contributed by atoms with Crippen molar-refractivity contribution >= 4 is 17.9 Å². The molecule has 0 aliphatic carbocycles. The summed E-state index contributed by atoms with van der Waals surface area (Å²) in [5.41, 5.74) is 0. The Balaban J connectivity index is 4.35. The van der Waals surface area contributed by atoms with Crippen molar-refractivity contribution in [3.63, 3.8) is 0 Å². The molecular formula is C61H100O6. The maximum atomic E-state index is 12.8. The third kappa shape index (κ3) is 52.9. The lowest BCUT2D eigenvalue weighted by Crippen LogP contribution is -2.30. The summed E-state index contributed by atoms with van der Waals surface area (Å²) in [4.78, 5) is 37.9. The van der Waals surface area contributed by atoms with Gasteiger partial charge in [0.15, 0.2) is 6.10 Å². The molecule has 0 heterocycles. The molecule has 6 heteroatoms. The second kappa shape index (κ2) is 54.7. The van der Waals surface area contributed by atoms with Gasteiger partial charge in [-0.15, -0.1) is 0 Å². The number of carbonyl (C=O) groups excluding carboxylic acids is 3. The van der Waals surface area contributed by atoms with Gasteiger partial charge >= 0.3 is 17.9 Å². The summed E-state index contributed by atoms with van der Waals surface area (Å²) in [5, 5.41) is 0. The minimum Gasteiger partial charge on any atom is -0.462 e. The van der Waals surface area contributed by atoms with Gasteiger partial charge in [0.2, 0.25) is 0 Å². The van der Waals surface area contributed by atoms with Crippen molar-refractivity contribution in [1.29, 1.82) is 0 Å². The van der Waals surface area contributed by atoms with Crippen LogP contribution in [-0.2, 0) is 28.6 Å². The first kappa shape index (κ1) is 63.1. The summed E-state index contributed by atoms with van der Waals surface area (Å²) < 4.78 is 16.7.